The predicted octanol–water partition coefficient (Wildman–Crippen LogP) is 21.1. The Morgan fingerprint density at radius 2 is 0.753 bits per heavy atom. The summed E-state index contributed by atoms with van der Waals surface area (Å²) < 4.78 is 0. The van der Waals surface area contributed by atoms with E-state index in [1.165, 1.54) is 156 Å². The van der Waals surface area contributed by atoms with E-state index in [9.17, 15) is 0 Å². The van der Waals surface area contributed by atoms with Gasteiger partial charge in [0.2, 0.25) is 0 Å². The summed E-state index contributed by atoms with van der Waals surface area (Å²) in [5, 5.41) is 0. The van der Waals surface area contributed by atoms with Crippen LogP contribution >= 0.6 is 0 Å². The molecule has 2 atom stereocenters. The van der Waals surface area contributed by atoms with E-state index in [4.69, 9.17) is 0 Å². The van der Waals surface area contributed by atoms with Crippen LogP contribution in [0.25, 0.3) is 72.4 Å². The van der Waals surface area contributed by atoms with Crippen molar-refractivity contribution in [3.63, 3.8) is 0 Å². The highest BCUT2D eigenvalue weighted by Gasteiger charge is 2.47. The molecule has 0 radical (unpaired) electrons. The van der Waals surface area contributed by atoms with Crippen LogP contribution < -0.4 is 0 Å². The van der Waals surface area contributed by atoms with Crippen LogP contribution in [0, 0.1) is 5.92 Å². The van der Waals surface area contributed by atoms with Gasteiger partial charge in [-0.05, 0) is 211 Å². The molecule has 0 amide bonds. The summed E-state index contributed by atoms with van der Waals surface area (Å²) in [5.41, 5.74) is 39.0. The van der Waals surface area contributed by atoms with Gasteiger partial charge in [0, 0.05) is 27.6 Å². The van der Waals surface area contributed by atoms with Crippen molar-refractivity contribution in [2.24, 2.45) is 5.92 Å². The molecule has 0 heteroatoms. The third kappa shape index (κ3) is 6.60. The Morgan fingerprint density at radius 1 is 0.346 bits per heavy atom. The largest absolute Gasteiger partial charge is 0.0758 e. The molecule has 0 heterocycles. The molecule has 2 unspecified atom stereocenters. The Kier molecular flexibility index (Phi) is 10.1. The van der Waals surface area contributed by atoms with Gasteiger partial charge in [0.25, 0.3) is 0 Å². The number of allylic oxidation sites excluding steroid dienone is 12. The predicted molar refractivity (Wildman–Crippen MR) is 342 cm³/mol. The summed E-state index contributed by atoms with van der Waals surface area (Å²) in [6, 6.07) is 64.0. The van der Waals surface area contributed by atoms with E-state index >= 15 is 0 Å². The van der Waals surface area contributed by atoms with E-state index in [1.807, 2.05) is 0 Å². The minimum atomic E-state index is -0.158. The summed E-state index contributed by atoms with van der Waals surface area (Å²) in [4.78, 5) is 0. The first-order valence-corrected chi connectivity index (χ1v) is 30.2. The molecule has 396 valence electrons. The Labute approximate surface area is 481 Å². The molecular weight excluding hydrogens is 973 g/mol. The molecule has 8 aliphatic rings. The van der Waals surface area contributed by atoms with Gasteiger partial charge in [-0.25, -0.2) is 0 Å². The molecule has 81 heavy (non-hydrogen) atoms. The van der Waals surface area contributed by atoms with Gasteiger partial charge in [0.1, 0.15) is 0 Å². The molecular formula is C81H72. The zero-order valence-corrected chi connectivity index (χ0v) is 49.0. The average Bonchev–Trinajstić information content (AvgIpc) is 4.34. The first-order valence-electron chi connectivity index (χ1n) is 30.2. The zero-order chi connectivity index (χ0) is 55.3. The smallest absolute Gasteiger partial charge is 0.0159 e. The molecule has 0 N–H and O–H groups in total. The Hall–Kier alpha value is -7.80. The van der Waals surface area contributed by atoms with Crippen LogP contribution in [-0.4, -0.2) is 0 Å². The molecule has 0 bridgehead atoms. The fourth-order valence-corrected chi connectivity index (χ4v) is 17.6. The molecule has 16 rings (SSSR count). The molecule has 0 saturated heterocycles. The van der Waals surface area contributed by atoms with Gasteiger partial charge < -0.3 is 0 Å². The molecule has 8 aromatic carbocycles. The van der Waals surface area contributed by atoms with Gasteiger partial charge in [-0.1, -0.05) is 245 Å². The quantitative estimate of drug-likeness (QED) is 0.161. The maximum atomic E-state index is 2.76. The highest BCUT2D eigenvalue weighted by atomic mass is 14.5. The van der Waals surface area contributed by atoms with E-state index in [2.05, 4.69) is 263 Å². The van der Waals surface area contributed by atoms with Crippen molar-refractivity contribution in [1.82, 2.24) is 0 Å². The molecule has 0 aromatic heterocycles. The van der Waals surface area contributed by atoms with Crippen LogP contribution in [0.5, 0.6) is 0 Å². The number of hydrogen-bond donors (Lipinski definition) is 0. The van der Waals surface area contributed by atoms with E-state index in [0.717, 1.165) is 25.7 Å². The second-order valence-corrected chi connectivity index (χ2v) is 27.8. The normalized spacial score (nSPS) is 21.6. The molecule has 8 aromatic rings. The summed E-state index contributed by atoms with van der Waals surface area (Å²) in [6.07, 6.45) is 17.3. The van der Waals surface area contributed by atoms with E-state index < -0.39 is 0 Å². The Morgan fingerprint density at radius 3 is 1.23 bits per heavy atom. The van der Waals surface area contributed by atoms with Crippen LogP contribution in [0.4, 0.5) is 0 Å². The second kappa shape index (κ2) is 16.7. The van der Waals surface area contributed by atoms with E-state index in [-0.39, 0.29) is 33.0 Å². The molecule has 0 aliphatic heterocycles. The molecule has 0 nitrogen and oxygen atoms in total. The standard InChI is InChI=1S/C81H72/c1-77(2)64-26-16-11-21-52(64)57-36-31-47(41-69(57)77)62-46-63(48-32-37-58-53-22-12-17-27-65(53)78(3,4)70(58)42-48)75(50-34-39-60-55-24-14-19-29-67(55)80(7,8)72(60)44-50)76(51-35-40-61-56-25-15-20-30-68(56)81(9,10)73(61)45-51)74(62)49-33-38-59-54-23-13-18-28-66(54)79(5,6)71(59)43-49/h11-32,35-37,40-46,61,73H,33-34,38-39H2,1-10H3. The van der Waals surface area contributed by atoms with Gasteiger partial charge in [0.15, 0.2) is 0 Å². The van der Waals surface area contributed by atoms with Gasteiger partial charge in [-0.2, -0.15) is 0 Å². The second-order valence-electron chi connectivity index (χ2n) is 27.8. The minimum absolute atomic E-state index is 0.0634. The summed E-state index contributed by atoms with van der Waals surface area (Å²) >= 11 is 0. The van der Waals surface area contributed by atoms with Crippen molar-refractivity contribution in [3.05, 3.63) is 278 Å². The molecule has 0 saturated carbocycles. The maximum absolute atomic E-state index is 2.76. The highest BCUT2D eigenvalue weighted by Crippen LogP contribution is 2.61. The molecule has 8 aliphatic carbocycles. The SMILES string of the molecule is CC1(C)C2=C(CCC(c3c(-c4ccc5c(c4)C(C)(C)c4ccccc4-5)cc(-c4ccc5c(c4)C(C)(C)c4ccccc4-5)c(C4=CC5=C(CC4)c4ccccc4C5(C)C)c3C3=CC4C(C=C3)c3ccccc3C4(C)C)=C2)c2ccccc21. The monoisotopic (exact) mass is 1040 g/mol. The number of rotatable bonds is 5. The number of benzene rings is 8. The summed E-state index contributed by atoms with van der Waals surface area (Å²) in [7, 11) is 0. The van der Waals surface area contributed by atoms with Crippen molar-refractivity contribution in [3.8, 4) is 44.5 Å². The van der Waals surface area contributed by atoms with Crippen LogP contribution in [0.15, 0.2) is 205 Å². The van der Waals surface area contributed by atoms with Crippen molar-refractivity contribution < 1.29 is 0 Å². The van der Waals surface area contributed by atoms with Crippen LogP contribution in [0.3, 0.4) is 0 Å². The summed E-state index contributed by atoms with van der Waals surface area (Å²) in [5.74, 6) is 0.603. The number of fused-ring (bicyclic) bond motifs is 13. The first-order chi connectivity index (χ1) is 39.0. The average molecular weight is 1050 g/mol. The van der Waals surface area contributed by atoms with Gasteiger partial charge in [0.05, 0.1) is 0 Å². The van der Waals surface area contributed by atoms with Gasteiger partial charge in [-0.3, -0.25) is 0 Å². The highest BCUT2D eigenvalue weighted by molar-refractivity contribution is 6.05. The maximum Gasteiger partial charge on any atom is 0.0159 e. The van der Waals surface area contributed by atoms with Crippen molar-refractivity contribution >= 4 is 27.9 Å². The van der Waals surface area contributed by atoms with Crippen LogP contribution in [0.2, 0.25) is 0 Å². The van der Waals surface area contributed by atoms with Crippen molar-refractivity contribution in [2.45, 2.75) is 128 Å². The molecule has 0 spiro atoms. The van der Waals surface area contributed by atoms with Crippen molar-refractivity contribution in [2.75, 3.05) is 0 Å². The third-order valence-electron chi connectivity index (χ3n) is 21.9. The first kappa shape index (κ1) is 49.1. The minimum Gasteiger partial charge on any atom is -0.0758 e. The van der Waals surface area contributed by atoms with E-state index in [1.54, 1.807) is 0 Å². The molecule has 0 fully saturated rings. The topological polar surface area (TPSA) is 0 Å². The van der Waals surface area contributed by atoms with Crippen LogP contribution in [-0.2, 0) is 27.1 Å². The van der Waals surface area contributed by atoms with E-state index in [0.29, 0.717) is 5.92 Å². The lowest BCUT2D eigenvalue weighted by Gasteiger charge is -2.34. The Bertz CT molecular complexity index is 4130. The lowest BCUT2D eigenvalue weighted by atomic mass is 9.69. The number of hydrogen-bond acceptors (Lipinski definition) is 0. The fourth-order valence-electron chi connectivity index (χ4n) is 17.6. The lowest BCUT2D eigenvalue weighted by molar-refractivity contribution is 0.395. The zero-order valence-electron chi connectivity index (χ0n) is 49.0. The van der Waals surface area contributed by atoms with Crippen molar-refractivity contribution in [1.29, 1.82) is 0 Å². The van der Waals surface area contributed by atoms with Crippen LogP contribution in [0.1, 0.15) is 173 Å². The lowest BCUT2D eigenvalue weighted by Crippen LogP contribution is -2.25. The summed E-state index contributed by atoms with van der Waals surface area (Å²) in [6.45, 7) is 24.7. The Balaban J connectivity index is 1.05. The van der Waals surface area contributed by atoms with Gasteiger partial charge >= 0.3 is 0 Å². The fraction of sp³-hybridized carbons (Fsp3) is 0.259. The third-order valence-corrected chi connectivity index (χ3v) is 21.9. The van der Waals surface area contributed by atoms with Gasteiger partial charge in [-0.15, -0.1) is 0 Å².